The smallest absolute Gasteiger partial charge is 0.309 e. The lowest BCUT2D eigenvalue weighted by Crippen LogP contribution is -2.12. The zero-order chi connectivity index (χ0) is 18.9. The SMILES string of the molecule is CC(C)Oc1ccc(F)c(-c2ccc(CC[C@]3(F)C[C@@H]3C(=O)O)cc2)c1. The number of hydrogen-bond donors (Lipinski definition) is 1. The van der Waals surface area contributed by atoms with E-state index in [0.717, 1.165) is 5.56 Å². The van der Waals surface area contributed by atoms with Crippen LogP contribution in [0.5, 0.6) is 5.75 Å². The molecule has 1 N–H and O–H groups in total. The largest absolute Gasteiger partial charge is 0.491 e. The van der Waals surface area contributed by atoms with Gasteiger partial charge in [0, 0.05) is 5.56 Å². The van der Waals surface area contributed by atoms with Gasteiger partial charge in [0.2, 0.25) is 0 Å². The predicted molar refractivity (Wildman–Crippen MR) is 95.5 cm³/mol. The quantitative estimate of drug-likeness (QED) is 0.754. The van der Waals surface area contributed by atoms with Crippen molar-refractivity contribution >= 4 is 5.97 Å². The zero-order valence-corrected chi connectivity index (χ0v) is 14.8. The van der Waals surface area contributed by atoms with Crippen LogP contribution in [0.25, 0.3) is 11.1 Å². The zero-order valence-electron chi connectivity index (χ0n) is 14.8. The van der Waals surface area contributed by atoms with E-state index in [4.69, 9.17) is 9.84 Å². The van der Waals surface area contributed by atoms with Crippen LogP contribution in [-0.4, -0.2) is 22.8 Å². The van der Waals surface area contributed by atoms with Crippen LogP contribution in [0.4, 0.5) is 8.78 Å². The number of carbonyl (C=O) groups is 1. The van der Waals surface area contributed by atoms with Gasteiger partial charge in [0.05, 0.1) is 12.0 Å². The number of benzene rings is 2. The van der Waals surface area contributed by atoms with Gasteiger partial charge in [0.25, 0.3) is 0 Å². The third kappa shape index (κ3) is 4.03. The van der Waals surface area contributed by atoms with E-state index < -0.39 is 17.6 Å². The topological polar surface area (TPSA) is 46.5 Å². The van der Waals surface area contributed by atoms with Gasteiger partial charge in [-0.1, -0.05) is 24.3 Å². The molecular weight excluding hydrogens is 338 g/mol. The molecule has 3 nitrogen and oxygen atoms in total. The normalized spacial score (nSPS) is 21.7. The van der Waals surface area contributed by atoms with Gasteiger partial charge >= 0.3 is 5.97 Å². The average Bonchev–Trinajstić information content (AvgIpc) is 3.28. The van der Waals surface area contributed by atoms with Crippen LogP contribution in [0.3, 0.4) is 0 Å². The van der Waals surface area contributed by atoms with Gasteiger partial charge in [-0.3, -0.25) is 4.79 Å². The number of halogens is 2. The molecule has 0 bridgehead atoms. The first-order valence-electron chi connectivity index (χ1n) is 8.76. The summed E-state index contributed by atoms with van der Waals surface area (Å²) in [6.45, 7) is 3.81. The van der Waals surface area contributed by atoms with Gasteiger partial charge in [-0.2, -0.15) is 0 Å². The molecule has 26 heavy (non-hydrogen) atoms. The summed E-state index contributed by atoms with van der Waals surface area (Å²) in [6, 6.07) is 11.9. The van der Waals surface area contributed by atoms with Crippen molar-refractivity contribution in [3.63, 3.8) is 0 Å². The minimum absolute atomic E-state index is 0.000705. The third-order valence-electron chi connectivity index (χ3n) is 4.71. The molecule has 1 aliphatic carbocycles. The van der Waals surface area contributed by atoms with Crippen LogP contribution in [0, 0.1) is 11.7 Å². The number of alkyl halides is 1. The summed E-state index contributed by atoms with van der Waals surface area (Å²) >= 11 is 0. The van der Waals surface area contributed by atoms with Crippen LogP contribution in [0.1, 0.15) is 32.3 Å². The summed E-state index contributed by atoms with van der Waals surface area (Å²) in [4.78, 5) is 10.8. The van der Waals surface area contributed by atoms with Crippen molar-refractivity contribution in [3.05, 3.63) is 53.8 Å². The Labute approximate surface area is 151 Å². The summed E-state index contributed by atoms with van der Waals surface area (Å²) in [6.07, 6.45) is 0.740. The van der Waals surface area contributed by atoms with E-state index in [1.54, 1.807) is 24.3 Å². The summed E-state index contributed by atoms with van der Waals surface area (Å²) in [5, 5.41) is 8.87. The molecule has 3 rings (SSSR count). The molecule has 0 spiro atoms. The third-order valence-corrected chi connectivity index (χ3v) is 4.71. The highest BCUT2D eigenvalue weighted by atomic mass is 19.1. The van der Waals surface area contributed by atoms with Gasteiger partial charge in [-0.05, 0) is 62.4 Å². The molecule has 2 aromatic carbocycles. The summed E-state index contributed by atoms with van der Waals surface area (Å²) in [5.74, 6) is -1.67. The number of aliphatic carboxylic acids is 1. The Kier molecular flexibility index (Phi) is 4.99. The Balaban J connectivity index is 1.69. The lowest BCUT2D eigenvalue weighted by atomic mass is 10.00. The summed E-state index contributed by atoms with van der Waals surface area (Å²) < 4.78 is 34.0. The highest BCUT2D eigenvalue weighted by molar-refractivity contribution is 5.75. The minimum atomic E-state index is -1.58. The van der Waals surface area contributed by atoms with E-state index in [1.165, 1.54) is 6.07 Å². The number of carboxylic acids is 1. The fraction of sp³-hybridized carbons (Fsp3) is 0.381. The Morgan fingerprint density at radius 2 is 1.96 bits per heavy atom. The Bertz CT molecular complexity index is 801. The van der Waals surface area contributed by atoms with E-state index in [-0.39, 0.29) is 24.8 Å². The van der Waals surface area contributed by atoms with Crippen molar-refractivity contribution in [3.8, 4) is 16.9 Å². The van der Waals surface area contributed by atoms with Crippen LogP contribution in [0.15, 0.2) is 42.5 Å². The molecule has 0 aliphatic heterocycles. The van der Waals surface area contributed by atoms with Crippen LogP contribution in [-0.2, 0) is 11.2 Å². The maximum Gasteiger partial charge on any atom is 0.309 e. The fourth-order valence-electron chi connectivity index (χ4n) is 3.14. The second kappa shape index (κ2) is 7.06. The van der Waals surface area contributed by atoms with Crippen LogP contribution in [0.2, 0.25) is 0 Å². The fourth-order valence-corrected chi connectivity index (χ4v) is 3.14. The predicted octanol–water partition coefficient (Wildman–Crippen LogP) is 5.03. The Morgan fingerprint density at radius 3 is 2.54 bits per heavy atom. The highest BCUT2D eigenvalue weighted by Crippen LogP contribution is 2.50. The maximum absolute atomic E-state index is 14.2. The maximum atomic E-state index is 14.2. The van der Waals surface area contributed by atoms with Crippen molar-refractivity contribution in [2.75, 3.05) is 0 Å². The van der Waals surface area contributed by atoms with Crippen LogP contribution < -0.4 is 4.74 Å². The van der Waals surface area contributed by atoms with Crippen molar-refractivity contribution in [2.45, 2.75) is 44.9 Å². The summed E-state index contributed by atoms with van der Waals surface area (Å²) in [7, 11) is 0. The van der Waals surface area contributed by atoms with Crippen molar-refractivity contribution < 1.29 is 23.4 Å². The molecule has 0 unspecified atom stereocenters. The van der Waals surface area contributed by atoms with E-state index in [2.05, 4.69) is 0 Å². The molecule has 0 aromatic heterocycles. The molecule has 1 saturated carbocycles. The molecule has 5 heteroatoms. The van der Waals surface area contributed by atoms with Gasteiger partial charge in [-0.15, -0.1) is 0 Å². The van der Waals surface area contributed by atoms with E-state index in [9.17, 15) is 13.6 Å². The minimum Gasteiger partial charge on any atom is -0.491 e. The standard InChI is InChI=1S/C21H22F2O3/c1-13(2)26-16-7-8-19(22)17(11-16)15-5-3-14(4-6-15)9-10-21(23)12-18(21)20(24)25/h3-8,11,13,18H,9-10,12H2,1-2H3,(H,24,25)/t18-,21+/m1/s1. The Hall–Kier alpha value is -2.43. The van der Waals surface area contributed by atoms with Gasteiger partial charge < -0.3 is 9.84 Å². The van der Waals surface area contributed by atoms with Gasteiger partial charge in [0.1, 0.15) is 17.2 Å². The first-order chi connectivity index (χ1) is 12.3. The number of carboxylic acid groups (broad SMARTS) is 1. The van der Waals surface area contributed by atoms with E-state index in [1.807, 2.05) is 26.0 Å². The number of ether oxygens (including phenoxy) is 1. The average molecular weight is 360 g/mol. The molecule has 1 aliphatic rings. The molecule has 2 aromatic rings. The molecular formula is C21H22F2O3. The van der Waals surface area contributed by atoms with Gasteiger partial charge in [0.15, 0.2) is 0 Å². The van der Waals surface area contributed by atoms with Gasteiger partial charge in [-0.25, -0.2) is 8.78 Å². The molecule has 138 valence electrons. The monoisotopic (exact) mass is 360 g/mol. The second-order valence-electron chi connectivity index (χ2n) is 7.13. The van der Waals surface area contributed by atoms with Crippen molar-refractivity contribution in [1.29, 1.82) is 0 Å². The number of hydrogen-bond acceptors (Lipinski definition) is 2. The Morgan fingerprint density at radius 1 is 1.27 bits per heavy atom. The van der Waals surface area contributed by atoms with E-state index in [0.29, 0.717) is 23.3 Å². The second-order valence-corrected chi connectivity index (χ2v) is 7.13. The van der Waals surface area contributed by atoms with E-state index >= 15 is 0 Å². The van der Waals surface area contributed by atoms with Crippen molar-refractivity contribution in [2.24, 2.45) is 5.92 Å². The summed E-state index contributed by atoms with van der Waals surface area (Å²) in [5.41, 5.74) is 0.478. The molecule has 2 atom stereocenters. The van der Waals surface area contributed by atoms with Crippen molar-refractivity contribution in [1.82, 2.24) is 0 Å². The molecule has 0 radical (unpaired) electrons. The van der Waals surface area contributed by atoms with Crippen LogP contribution >= 0.6 is 0 Å². The molecule has 1 fully saturated rings. The number of aryl methyl sites for hydroxylation is 1. The highest BCUT2D eigenvalue weighted by Gasteiger charge is 2.59. The first-order valence-corrected chi connectivity index (χ1v) is 8.76. The first kappa shape index (κ1) is 18.4. The lowest BCUT2D eigenvalue weighted by Gasteiger charge is -2.12. The molecule has 0 saturated heterocycles. The molecule has 0 amide bonds. The number of rotatable bonds is 7. The molecule has 0 heterocycles. The lowest BCUT2D eigenvalue weighted by molar-refractivity contribution is -0.139.